The van der Waals surface area contributed by atoms with Gasteiger partial charge in [0.25, 0.3) is 0 Å². The van der Waals surface area contributed by atoms with Crippen LogP contribution < -0.4 is 5.32 Å². The van der Waals surface area contributed by atoms with Crippen molar-refractivity contribution in [1.29, 1.82) is 0 Å². The van der Waals surface area contributed by atoms with Gasteiger partial charge in [-0.05, 0) is 24.5 Å². The van der Waals surface area contributed by atoms with Crippen molar-refractivity contribution in [1.82, 2.24) is 15.2 Å². The molecule has 98 valence electrons. The van der Waals surface area contributed by atoms with Crippen LogP contribution in [0.5, 0.6) is 0 Å². The van der Waals surface area contributed by atoms with Gasteiger partial charge in [0.2, 0.25) is 5.91 Å². The van der Waals surface area contributed by atoms with Crippen molar-refractivity contribution >= 4 is 5.91 Å². The molecule has 0 saturated carbocycles. The van der Waals surface area contributed by atoms with Crippen molar-refractivity contribution in [3.8, 4) is 0 Å². The third-order valence-corrected chi connectivity index (χ3v) is 3.16. The van der Waals surface area contributed by atoms with Gasteiger partial charge in [-0.2, -0.15) is 0 Å². The summed E-state index contributed by atoms with van der Waals surface area (Å²) in [6.45, 7) is 5.67. The van der Waals surface area contributed by atoms with Crippen LogP contribution in [0, 0.1) is 0 Å². The van der Waals surface area contributed by atoms with E-state index >= 15 is 0 Å². The molecule has 1 fully saturated rings. The van der Waals surface area contributed by atoms with Gasteiger partial charge in [0.1, 0.15) is 0 Å². The highest BCUT2D eigenvalue weighted by Gasteiger charge is 2.28. The van der Waals surface area contributed by atoms with Crippen LogP contribution in [0.25, 0.3) is 0 Å². The quantitative estimate of drug-likeness (QED) is 0.878. The molecule has 1 aromatic heterocycles. The van der Waals surface area contributed by atoms with Crippen molar-refractivity contribution in [3.63, 3.8) is 0 Å². The molecule has 0 radical (unpaired) electrons. The molecule has 1 unspecified atom stereocenters. The molecule has 1 amide bonds. The number of carbonyl (C=O) groups excluding carboxylic acids is 1. The smallest absolute Gasteiger partial charge is 0.240 e. The first-order valence-electron chi connectivity index (χ1n) is 6.60. The summed E-state index contributed by atoms with van der Waals surface area (Å²) in [5.41, 5.74) is 1.09. The second-order valence-corrected chi connectivity index (χ2v) is 5.14. The third kappa shape index (κ3) is 3.29. The zero-order chi connectivity index (χ0) is 13.0. The molecular formula is C14H21N3O. The number of hydrogen-bond acceptors (Lipinski definition) is 3. The molecular weight excluding hydrogens is 226 g/mol. The summed E-state index contributed by atoms with van der Waals surface area (Å²) in [7, 11) is 0. The summed E-state index contributed by atoms with van der Waals surface area (Å²) < 4.78 is 0. The maximum Gasteiger partial charge on any atom is 0.240 e. The second kappa shape index (κ2) is 5.96. The lowest BCUT2D eigenvalue weighted by Crippen LogP contribution is -2.51. The first-order valence-corrected chi connectivity index (χ1v) is 6.60. The molecule has 1 saturated heterocycles. The summed E-state index contributed by atoms with van der Waals surface area (Å²) in [4.78, 5) is 18.3. The maximum absolute atomic E-state index is 12.3. The molecule has 0 aliphatic carbocycles. The Morgan fingerprint density at radius 2 is 2.39 bits per heavy atom. The number of likely N-dealkylation sites (tertiary alicyclic amines) is 1. The maximum atomic E-state index is 12.3. The first-order chi connectivity index (χ1) is 8.66. The van der Waals surface area contributed by atoms with E-state index in [-0.39, 0.29) is 11.9 Å². The molecule has 1 aromatic rings. The summed E-state index contributed by atoms with van der Waals surface area (Å²) in [5, 5.41) is 3.34. The highest BCUT2D eigenvalue weighted by Crippen LogP contribution is 2.15. The lowest BCUT2D eigenvalue weighted by atomic mass is 10.0. The second-order valence-electron chi connectivity index (χ2n) is 5.14. The fraction of sp³-hybridized carbons (Fsp3) is 0.571. The SMILES string of the molecule is CC(C)NC1CCCN(Cc2cccnc2)C1=O. The molecule has 4 nitrogen and oxygen atoms in total. The molecule has 18 heavy (non-hydrogen) atoms. The van der Waals surface area contributed by atoms with E-state index in [9.17, 15) is 4.79 Å². The van der Waals surface area contributed by atoms with Gasteiger partial charge in [-0.15, -0.1) is 0 Å². The van der Waals surface area contributed by atoms with Crippen LogP contribution in [-0.4, -0.2) is 34.4 Å². The Bertz CT molecular complexity index is 391. The zero-order valence-electron chi connectivity index (χ0n) is 11.1. The highest BCUT2D eigenvalue weighted by molar-refractivity contribution is 5.82. The fourth-order valence-corrected chi connectivity index (χ4v) is 2.37. The van der Waals surface area contributed by atoms with Crippen LogP contribution in [0.4, 0.5) is 0 Å². The molecule has 1 N–H and O–H groups in total. The number of rotatable bonds is 4. The molecule has 2 heterocycles. The van der Waals surface area contributed by atoms with E-state index in [0.717, 1.165) is 24.9 Å². The highest BCUT2D eigenvalue weighted by atomic mass is 16.2. The van der Waals surface area contributed by atoms with Gasteiger partial charge < -0.3 is 10.2 Å². The molecule has 0 spiro atoms. The number of piperidine rings is 1. The van der Waals surface area contributed by atoms with Crippen molar-refractivity contribution in [2.45, 2.75) is 45.3 Å². The first kappa shape index (κ1) is 13.0. The van der Waals surface area contributed by atoms with Gasteiger partial charge in [0.05, 0.1) is 6.04 Å². The fourth-order valence-electron chi connectivity index (χ4n) is 2.37. The molecule has 0 bridgehead atoms. The summed E-state index contributed by atoms with van der Waals surface area (Å²) >= 11 is 0. The van der Waals surface area contributed by atoms with Gasteiger partial charge in [-0.1, -0.05) is 19.9 Å². The van der Waals surface area contributed by atoms with E-state index in [1.54, 1.807) is 6.20 Å². The van der Waals surface area contributed by atoms with E-state index in [2.05, 4.69) is 24.1 Å². The van der Waals surface area contributed by atoms with E-state index in [1.807, 2.05) is 23.2 Å². The Kier molecular flexibility index (Phi) is 4.31. The molecule has 2 rings (SSSR count). The summed E-state index contributed by atoms with van der Waals surface area (Å²) in [6.07, 6.45) is 5.59. The minimum atomic E-state index is -0.0181. The normalized spacial score (nSPS) is 20.5. The van der Waals surface area contributed by atoms with Gasteiger partial charge in [-0.3, -0.25) is 9.78 Å². The Morgan fingerprint density at radius 1 is 1.56 bits per heavy atom. The van der Waals surface area contributed by atoms with Crippen LogP contribution in [-0.2, 0) is 11.3 Å². The lowest BCUT2D eigenvalue weighted by molar-refractivity contribution is -0.136. The molecule has 0 aromatic carbocycles. The number of hydrogen-bond donors (Lipinski definition) is 1. The Labute approximate surface area is 108 Å². The average Bonchev–Trinajstić information content (AvgIpc) is 2.35. The standard InChI is InChI=1S/C14H21N3O/c1-11(2)16-13-6-4-8-17(14(13)18)10-12-5-3-7-15-9-12/h3,5,7,9,11,13,16H,4,6,8,10H2,1-2H3. The predicted octanol–water partition coefficient (Wildman–Crippen LogP) is 1.57. The summed E-state index contributed by atoms with van der Waals surface area (Å²) in [6, 6.07) is 4.25. The Hall–Kier alpha value is -1.42. The van der Waals surface area contributed by atoms with E-state index in [4.69, 9.17) is 0 Å². The number of pyridine rings is 1. The van der Waals surface area contributed by atoms with Gasteiger partial charge in [0, 0.05) is 31.5 Å². The van der Waals surface area contributed by atoms with Crippen LogP contribution in [0.2, 0.25) is 0 Å². The van der Waals surface area contributed by atoms with Crippen LogP contribution in [0.3, 0.4) is 0 Å². The molecule has 4 heteroatoms. The summed E-state index contributed by atoms with van der Waals surface area (Å²) in [5.74, 6) is 0.221. The molecule has 1 atom stereocenters. The minimum absolute atomic E-state index is 0.0181. The molecule has 1 aliphatic rings. The largest absolute Gasteiger partial charge is 0.337 e. The monoisotopic (exact) mass is 247 g/mol. The van der Waals surface area contributed by atoms with Crippen molar-refractivity contribution in [2.75, 3.05) is 6.54 Å². The number of amides is 1. The van der Waals surface area contributed by atoms with Crippen molar-refractivity contribution in [2.24, 2.45) is 0 Å². The third-order valence-electron chi connectivity index (χ3n) is 3.16. The number of carbonyl (C=O) groups is 1. The lowest BCUT2D eigenvalue weighted by Gasteiger charge is -2.33. The van der Waals surface area contributed by atoms with Crippen molar-refractivity contribution in [3.05, 3.63) is 30.1 Å². The van der Waals surface area contributed by atoms with Crippen LogP contribution in [0.15, 0.2) is 24.5 Å². The minimum Gasteiger partial charge on any atom is -0.337 e. The van der Waals surface area contributed by atoms with E-state index in [1.165, 1.54) is 0 Å². The van der Waals surface area contributed by atoms with Crippen LogP contribution >= 0.6 is 0 Å². The molecule has 1 aliphatic heterocycles. The Balaban J connectivity index is 1.98. The average molecular weight is 247 g/mol. The van der Waals surface area contributed by atoms with Gasteiger partial charge in [0.15, 0.2) is 0 Å². The number of aromatic nitrogens is 1. The van der Waals surface area contributed by atoms with Gasteiger partial charge >= 0.3 is 0 Å². The van der Waals surface area contributed by atoms with Crippen LogP contribution in [0.1, 0.15) is 32.3 Å². The van der Waals surface area contributed by atoms with Crippen molar-refractivity contribution < 1.29 is 4.79 Å². The Morgan fingerprint density at radius 3 is 3.06 bits per heavy atom. The predicted molar refractivity (Wildman–Crippen MR) is 70.9 cm³/mol. The van der Waals surface area contributed by atoms with E-state index in [0.29, 0.717) is 12.6 Å². The van der Waals surface area contributed by atoms with E-state index < -0.39 is 0 Å². The number of nitrogens with zero attached hydrogens (tertiary/aromatic N) is 2. The number of nitrogens with one attached hydrogen (secondary N) is 1. The topological polar surface area (TPSA) is 45.2 Å². The van der Waals surface area contributed by atoms with Gasteiger partial charge in [-0.25, -0.2) is 0 Å². The zero-order valence-corrected chi connectivity index (χ0v) is 11.1.